The Morgan fingerprint density at radius 3 is 2.38 bits per heavy atom. The lowest BCUT2D eigenvalue weighted by atomic mass is 10.1. The van der Waals surface area contributed by atoms with Crippen LogP contribution in [0.25, 0.3) is 0 Å². The molecule has 0 N–H and O–H groups in total. The van der Waals surface area contributed by atoms with Gasteiger partial charge in [-0.1, -0.05) is 0 Å². The van der Waals surface area contributed by atoms with Crippen molar-refractivity contribution in [1.29, 1.82) is 0 Å². The number of methoxy groups -OCH3 is 2. The molecule has 6 nitrogen and oxygen atoms in total. The van der Waals surface area contributed by atoms with Gasteiger partial charge in [0.2, 0.25) is 0 Å². The molecule has 0 fully saturated rings. The molecule has 0 unspecified atom stereocenters. The first-order valence-corrected chi connectivity index (χ1v) is 4.42. The number of nitrogens with zero attached hydrogens (tertiary/aromatic N) is 1. The monoisotopic (exact) mass is 225 g/mol. The van der Waals surface area contributed by atoms with E-state index >= 15 is 0 Å². The lowest BCUT2D eigenvalue weighted by Gasteiger charge is -2.11. The number of hydrogen-bond acceptors (Lipinski definition) is 5. The zero-order valence-electron chi connectivity index (χ0n) is 9.14. The van der Waals surface area contributed by atoms with Crippen LogP contribution in [0.4, 0.5) is 5.69 Å². The molecule has 0 aliphatic rings. The summed E-state index contributed by atoms with van der Waals surface area (Å²) in [7, 11) is 2.72. The summed E-state index contributed by atoms with van der Waals surface area (Å²) in [6.45, 7) is 1.53. The molecule has 0 aromatic heterocycles. The number of hydrogen-bond donors (Lipinski definition) is 0. The molecule has 0 saturated carbocycles. The summed E-state index contributed by atoms with van der Waals surface area (Å²) in [5.41, 5.74) is -0.0123. The van der Waals surface area contributed by atoms with Gasteiger partial charge in [-0.15, -0.1) is 0 Å². The molecule has 86 valence electrons. The van der Waals surface area contributed by atoms with Crippen molar-refractivity contribution < 1.29 is 19.2 Å². The van der Waals surface area contributed by atoms with Crippen molar-refractivity contribution in [2.75, 3.05) is 14.2 Å². The van der Waals surface area contributed by atoms with Crippen molar-refractivity contribution in [3.8, 4) is 11.5 Å². The molecule has 16 heavy (non-hydrogen) atoms. The highest BCUT2D eigenvalue weighted by atomic mass is 16.6. The fourth-order valence-electron chi connectivity index (χ4n) is 1.50. The highest BCUT2D eigenvalue weighted by molar-refractivity contribution is 5.88. The molecule has 1 aromatic rings. The van der Waals surface area contributed by atoms with Crippen LogP contribution in [-0.4, -0.2) is 25.4 Å². The van der Waals surface area contributed by atoms with Gasteiger partial charge in [-0.2, -0.15) is 0 Å². The smallest absolute Gasteiger partial charge is 0.286 e. The zero-order valence-corrected chi connectivity index (χ0v) is 9.14. The third-order valence-corrected chi connectivity index (χ3v) is 2.17. The van der Waals surface area contributed by atoms with Crippen molar-refractivity contribution in [2.24, 2.45) is 0 Å². The van der Waals surface area contributed by atoms with Crippen molar-refractivity contribution in [3.05, 3.63) is 27.3 Å². The van der Waals surface area contributed by atoms with Gasteiger partial charge in [0, 0.05) is 5.56 Å². The van der Waals surface area contributed by atoms with Crippen LogP contribution in [0.1, 0.15) is 15.9 Å². The maximum Gasteiger partial charge on any atom is 0.286 e. The van der Waals surface area contributed by atoms with Crippen LogP contribution in [0.2, 0.25) is 0 Å². The molecule has 0 radical (unpaired) electrons. The molecule has 0 bridgehead atoms. The number of benzene rings is 1. The van der Waals surface area contributed by atoms with E-state index in [0.717, 1.165) is 0 Å². The van der Waals surface area contributed by atoms with Crippen LogP contribution in [0.15, 0.2) is 6.07 Å². The van der Waals surface area contributed by atoms with Gasteiger partial charge >= 0.3 is 0 Å². The quantitative estimate of drug-likeness (QED) is 0.443. The summed E-state index contributed by atoms with van der Waals surface area (Å²) in [6.07, 6.45) is 0.395. The number of carbonyl (C=O) groups excluding carboxylic acids is 1. The number of aldehydes is 1. The molecule has 0 aliphatic carbocycles. The van der Waals surface area contributed by atoms with E-state index in [4.69, 9.17) is 9.47 Å². The van der Waals surface area contributed by atoms with Gasteiger partial charge in [0.25, 0.3) is 5.69 Å². The maximum atomic E-state index is 10.9. The summed E-state index contributed by atoms with van der Waals surface area (Å²) >= 11 is 0. The van der Waals surface area contributed by atoms with Gasteiger partial charge < -0.3 is 9.47 Å². The summed E-state index contributed by atoms with van der Waals surface area (Å²) in [5.74, 6) is 0.377. The summed E-state index contributed by atoms with van der Waals surface area (Å²) in [5, 5.41) is 10.8. The molecule has 0 aliphatic heterocycles. The Balaban J connectivity index is 3.64. The van der Waals surface area contributed by atoms with Crippen molar-refractivity contribution >= 4 is 12.0 Å². The molecule has 0 saturated heterocycles. The summed E-state index contributed by atoms with van der Waals surface area (Å²) in [4.78, 5) is 21.1. The number of ether oxygens (including phenoxy) is 2. The first-order valence-electron chi connectivity index (χ1n) is 4.42. The van der Waals surface area contributed by atoms with E-state index in [0.29, 0.717) is 17.6 Å². The third kappa shape index (κ3) is 1.81. The molecule has 0 spiro atoms. The average Bonchev–Trinajstić information content (AvgIpc) is 2.26. The average molecular weight is 225 g/mol. The standard InChI is InChI=1S/C10H11NO5/c1-6-4-8(15-2)10(16-3)7(5-12)9(6)11(13)14/h4-5H,1-3H3. The Kier molecular flexibility index (Phi) is 3.44. The summed E-state index contributed by atoms with van der Waals surface area (Å²) < 4.78 is 9.93. The second-order valence-electron chi connectivity index (χ2n) is 3.07. The minimum atomic E-state index is -0.610. The Labute approximate surface area is 91.9 Å². The Morgan fingerprint density at radius 1 is 1.38 bits per heavy atom. The van der Waals surface area contributed by atoms with Crippen LogP contribution in [0.3, 0.4) is 0 Å². The van der Waals surface area contributed by atoms with E-state index in [1.54, 1.807) is 0 Å². The predicted molar refractivity (Wildman–Crippen MR) is 56.3 cm³/mol. The van der Waals surface area contributed by atoms with E-state index in [2.05, 4.69) is 0 Å². The van der Waals surface area contributed by atoms with Crippen LogP contribution in [-0.2, 0) is 0 Å². The van der Waals surface area contributed by atoms with Crippen molar-refractivity contribution in [2.45, 2.75) is 6.92 Å². The van der Waals surface area contributed by atoms with Crippen LogP contribution < -0.4 is 9.47 Å². The maximum absolute atomic E-state index is 10.9. The summed E-state index contributed by atoms with van der Waals surface area (Å²) in [6, 6.07) is 1.46. The Hall–Kier alpha value is -2.11. The lowest BCUT2D eigenvalue weighted by Crippen LogP contribution is -2.02. The molecule has 0 atom stereocenters. The molecule has 6 heteroatoms. The number of rotatable bonds is 4. The molecular formula is C10H11NO5. The van der Waals surface area contributed by atoms with Gasteiger partial charge in [0.05, 0.1) is 19.1 Å². The molecule has 0 amide bonds. The van der Waals surface area contributed by atoms with E-state index in [-0.39, 0.29) is 17.0 Å². The van der Waals surface area contributed by atoms with Crippen LogP contribution >= 0.6 is 0 Å². The van der Waals surface area contributed by atoms with Crippen molar-refractivity contribution in [1.82, 2.24) is 0 Å². The molecular weight excluding hydrogens is 214 g/mol. The minimum Gasteiger partial charge on any atom is -0.493 e. The molecule has 1 aromatic carbocycles. The number of nitro groups is 1. The fraction of sp³-hybridized carbons (Fsp3) is 0.300. The number of nitro benzene ring substituents is 1. The van der Waals surface area contributed by atoms with Gasteiger partial charge in [-0.25, -0.2) is 0 Å². The largest absolute Gasteiger partial charge is 0.493 e. The second kappa shape index (κ2) is 4.61. The zero-order chi connectivity index (χ0) is 12.3. The van der Waals surface area contributed by atoms with Gasteiger partial charge in [0.15, 0.2) is 17.8 Å². The first kappa shape index (κ1) is 12.0. The number of aryl methyl sites for hydroxylation is 1. The van der Waals surface area contributed by atoms with Gasteiger partial charge in [0.1, 0.15) is 5.56 Å². The fourth-order valence-corrected chi connectivity index (χ4v) is 1.50. The molecule has 1 rings (SSSR count). The van der Waals surface area contributed by atoms with Crippen LogP contribution in [0.5, 0.6) is 11.5 Å². The third-order valence-electron chi connectivity index (χ3n) is 2.17. The Bertz CT molecular complexity index is 441. The lowest BCUT2D eigenvalue weighted by molar-refractivity contribution is -0.385. The van der Waals surface area contributed by atoms with Gasteiger partial charge in [-0.05, 0) is 13.0 Å². The minimum absolute atomic E-state index is 0.0785. The topological polar surface area (TPSA) is 78.7 Å². The van der Waals surface area contributed by atoms with Gasteiger partial charge in [-0.3, -0.25) is 14.9 Å². The normalized spacial score (nSPS) is 9.69. The van der Waals surface area contributed by atoms with E-state index < -0.39 is 4.92 Å². The second-order valence-corrected chi connectivity index (χ2v) is 3.07. The van der Waals surface area contributed by atoms with Crippen LogP contribution in [0, 0.1) is 17.0 Å². The highest BCUT2D eigenvalue weighted by Crippen LogP contribution is 2.38. The predicted octanol–water partition coefficient (Wildman–Crippen LogP) is 1.73. The van der Waals surface area contributed by atoms with Crippen molar-refractivity contribution in [3.63, 3.8) is 0 Å². The number of carbonyl (C=O) groups is 1. The molecule has 0 heterocycles. The SMILES string of the molecule is COc1cc(C)c([N+](=O)[O-])c(C=O)c1OC. The van der Waals surface area contributed by atoms with E-state index in [1.165, 1.54) is 27.2 Å². The van der Waals surface area contributed by atoms with E-state index in [9.17, 15) is 14.9 Å². The first-order chi connectivity index (χ1) is 7.56. The Morgan fingerprint density at radius 2 is 2.00 bits per heavy atom. The van der Waals surface area contributed by atoms with E-state index in [1.807, 2.05) is 0 Å². The highest BCUT2D eigenvalue weighted by Gasteiger charge is 2.25.